The van der Waals surface area contributed by atoms with Crippen LogP contribution in [0.4, 0.5) is 5.69 Å². The van der Waals surface area contributed by atoms with E-state index in [4.69, 9.17) is 5.73 Å². The van der Waals surface area contributed by atoms with E-state index < -0.39 is 0 Å². The van der Waals surface area contributed by atoms with Crippen LogP contribution in [-0.4, -0.2) is 23.9 Å². The minimum atomic E-state index is 0.00813. The van der Waals surface area contributed by atoms with Gasteiger partial charge in [0.25, 0.3) is 5.91 Å². The van der Waals surface area contributed by atoms with Crippen molar-refractivity contribution < 1.29 is 4.79 Å². The molecule has 2 N–H and O–H groups in total. The molecule has 1 aromatic carbocycles. The zero-order chi connectivity index (χ0) is 15.9. The highest BCUT2D eigenvalue weighted by molar-refractivity contribution is 7.21. The summed E-state index contributed by atoms with van der Waals surface area (Å²) in [4.78, 5) is 15.2. The molecule has 0 radical (unpaired) electrons. The van der Waals surface area contributed by atoms with Crippen molar-refractivity contribution in [2.75, 3.05) is 12.8 Å². The Balaban J connectivity index is 2.42. The topological polar surface area (TPSA) is 46.3 Å². The van der Waals surface area contributed by atoms with Gasteiger partial charge >= 0.3 is 0 Å². The lowest BCUT2D eigenvalue weighted by molar-refractivity contribution is 0.0635. The van der Waals surface area contributed by atoms with Crippen molar-refractivity contribution in [2.24, 2.45) is 5.41 Å². The molecule has 1 unspecified atom stereocenters. The lowest BCUT2D eigenvalue weighted by Crippen LogP contribution is -2.42. The van der Waals surface area contributed by atoms with Gasteiger partial charge in [-0.1, -0.05) is 32.4 Å². The lowest BCUT2D eigenvalue weighted by Gasteiger charge is -2.35. The molecule has 0 fully saturated rings. The number of amides is 1. The molecule has 1 amide bonds. The largest absolute Gasteiger partial charge is 0.397 e. The molecule has 0 aliphatic carbocycles. The molecular formula is C17H24N2OS. The van der Waals surface area contributed by atoms with Crippen molar-refractivity contribution in [3.63, 3.8) is 0 Å². The van der Waals surface area contributed by atoms with Crippen LogP contribution in [0.15, 0.2) is 18.2 Å². The van der Waals surface area contributed by atoms with Crippen LogP contribution in [0, 0.1) is 12.3 Å². The highest BCUT2D eigenvalue weighted by Gasteiger charge is 2.29. The first kappa shape index (κ1) is 15.8. The fourth-order valence-electron chi connectivity index (χ4n) is 2.31. The van der Waals surface area contributed by atoms with Crippen LogP contribution in [0.2, 0.25) is 0 Å². The van der Waals surface area contributed by atoms with Crippen LogP contribution in [0.3, 0.4) is 0 Å². The fraction of sp³-hybridized carbons (Fsp3) is 0.471. The Morgan fingerprint density at radius 3 is 2.52 bits per heavy atom. The second-order valence-electron chi connectivity index (χ2n) is 6.80. The average molecular weight is 304 g/mol. The zero-order valence-corrected chi connectivity index (χ0v) is 14.5. The molecule has 0 spiro atoms. The van der Waals surface area contributed by atoms with Gasteiger partial charge in [0.05, 0.1) is 5.69 Å². The molecule has 2 aromatic rings. The molecule has 21 heavy (non-hydrogen) atoms. The molecule has 1 heterocycles. The minimum Gasteiger partial charge on any atom is -0.397 e. The molecule has 0 aliphatic heterocycles. The van der Waals surface area contributed by atoms with E-state index in [0.29, 0.717) is 10.6 Å². The SMILES string of the molecule is Cc1ccc2sc(C(=O)N(C)C(C)C(C)(C)C)c(N)c2c1. The first-order valence-electron chi connectivity index (χ1n) is 7.18. The van der Waals surface area contributed by atoms with Crippen molar-refractivity contribution in [3.05, 3.63) is 28.6 Å². The number of carbonyl (C=O) groups excluding carboxylic acids is 1. The minimum absolute atomic E-state index is 0.00813. The number of fused-ring (bicyclic) bond motifs is 1. The number of anilines is 1. The molecule has 0 bridgehead atoms. The summed E-state index contributed by atoms with van der Waals surface area (Å²) in [6.07, 6.45) is 0. The summed E-state index contributed by atoms with van der Waals surface area (Å²) in [6.45, 7) is 10.5. The molecule has 0 aliphatic rings. The van der Waals surface area contributed by atoms with Gasteiger partial charge < -0.3 is 10.6 Å². The van der Waals surface area contributed by atoms with E-state index in [2.05, 4.69) is 27.7 Å². The Morgan fingerprint density at radius 1 is 1.33 bits per heavy atom. The summed E-state index contributed by atoms with van der Waals surface area (Å²) in [6, 6.07) is 6.27. The first-order valence-corrected chi connectivity index (χ1v) is 8.00. The van der Waals surface area contributed by atoms with E-state index in [1.807, 2.05) is 32.2 Å². The maximum absolute atomic E-state index is 12.8. The Hall–Kier alpha value is -1.55. The van der Waals surface area contributed by atoms with Gasteiger partial charge in [-0.3, -0.25) is 4.79 Å². The van der Waals surface area contributed by atoms with Crippen molar-refractivity contribution >= 4 is 33.0 Å². The van der Waals surface area contributed by atoms with Gasteiger partial charge in [0.2, 0.25) is 0 Å². The Kier molecular flexibility index (Phi) is 4.02. The summed E-state index contributed by atoms with van der Waals surface area (Å²) >= 11 is 1.48. The maximum Gasteiger partial charge on any atom is 0.266 e. The number of nitrogen functional groups attached to an aromatic ring is 1. The van der Waals surface area contributed by atoms with Gasteiger partial charge in [0.15, 0.2) is 0 Å². The summed E-state index contributed by atoms with van der Waals surface area (Å²) in [5.41, 5.74) is 8.02. The number of aryl methyl sites for hydroxylation is 1. The molecule has 0 saturated heterocycles. The third-order valence-corrected chi connectivity index (χ3v) is 5.41. The number of rotatable bonds is 2. The molecule has 0 saturated carbocycles. The number of carbonyl (C=O) groups is 1. The summed E-state index contributed by atoms with van der Waals surface area (Å²) in [7, 11) is 1.85. The highest BCUT2D eigenvalue weighted by atomic mass is 32.1. The van der Waals surface area contributed by atoms with Crippen LogP contribution in [0.1, 0.15) is 42.9 Å². The third-order valence-electron chi connectivity index (χ3n) is 4.23. The lowest BCUT2D eigenvalue weighted by atomic mass is 9.87. The smallest absolute Gasteiger partial charge is 0.266 e. The van der Waals surface area contributed by atoms with E-state index in [1.54, 1.807) is 4.90 Å². The van der Waals surface area contributed by atoms with E-state index in [1.165, 1.54) is 11.3 Å². The highest BCUT2D eigenvalue weighted by Crippen LogP contribution is 2.36. The molecule has 2 rings (SSSR count). The van der Waals surface area contributed by atoms with Crippen LogP contribution < -0.4 is 5.73 Å². The van der Waals surface area contributed by atoms with Gasteiger partial charge in [-0.15, -0.1) is 11.3 Å². The third kappa shape index (κ3) is 2.91. The fourth-order valence-corrected chi connectivity index (χ4v) is 3.39. The van der Waals surface area contributed by atoms with Crippen LogP contribution in [-0.2, 0) is 0 Å². The summed E-state index contributed by atoms with van der Waals surface area (Å²) < 4.78 is 1.07. The summed E-state index contributed by atoms with van der Waals surface area (Å²) in [5.74, 6) is 0.00813. The zero-order valence-electron chi connectivity index (χ0n) is 13.7. The molecule has 1 atom stereocenters. The van der Waals surface area contributed by atoms with Crippen molar-refractivity contribution in [3.8, 4) is 0 Å². The molecular weight excluding hydrogens is 280 g/mol. The molecule has 1 aromatic heterocycles. The van der Waals surface area contributed by atoms with Crippen LogP contribution >= 0.6 is 11.3 Å². The predicted octanol–water partition coefficient (Wildman–Crippen LogP) is 4.30. The van der Waals surface area contributed by atoms with Crippen LogP contribution in [0.5, 0.6) is 0 Å². The number of thiophene rings is 1. The van der Waals surface area contributed by atoms with Gasteiger partial charge in [-0.2, -0.15) is 0 Å². The number of nitrogens with zero attached hydrogens (tertiary/aromatic N) is 1. The van der Waals surface area contributed by atoms with Crippen LogP contribution in [0.25, 0.3) is 10.1 Å². The van der Waals surface area contributed by atoms with Crippen molar-refractivity contribution in [1.82, 2.24) is 4.90 Å². The van der Waals surface area contributed by atoms with Gasteiger partial charge in [0.1, 0.15) is 4.88 Å². The van der Waals surface area contributed by atoms with Crippen molar-refractivity contribution in [1.29, 1.82) is 0 Å². The molecule has 4 heteroatoms. The predicted molar refractivity (Wildman–Crippen MR) is 92.0 cm³/mol. The van der Waals surface area contributed by atoms with E-state index in [9.17, 15) is 4.79 Å². The van der Waals surface area contributed by atoms with E-state index >= 15 is 0 Å². The van der Waals surface area contributed by atoms with Gasteiger partial charge in [-0.25, -0.2) is 0 Å². The van der Waals surface area contributed by atoms with Crippen molar-refractivity contribution in [2.45, 2.75) is 40.7 Å². The number of benzene rings is 1. The average Bonchev–Trinajstić information content (AvgIpc) is 2.72. The second kappa shape index (κ2) is 5.34. The second-order valence-corrected chi connectivity index (χ2v) is 7.85. The van der Waals surface area contributed by atoms with E-state index in [0.717, 1.165) is 15.6 Å². The monoisotopic (exact) mass is 304 g/mol. The van der Waals surface area contributed by atoms with Gasteiger partial charge in [-0.05, 0) is 31.4 Å². The maximum atomic E-state index is 12.8. The van der Waals surface area contributed by atoms with Gasteiger partial charge in [0, 0.05) is 23.2 Å². The summed E-state index contributed by atoms with van der Waals surface area (Å²) in [5, 5.41) is 0.986. The Labute approximate surface area is 130 Å². The Morgan fingerprint density at radius 2 is 1.95 bits per heavy atom. The quantitative estimate of drug-likeness (QED) is 0.899. The normalized spacial score (nSPS) is 13.4. The number of nitrogens with two attached hydrogens (primary N) is 1. The molecule has 114 valence electrons. The first-order chi connectivity index (χ1) is 9.62. The Bertz CT molecular complexity index is 682. The number of hydrogen-bond donors (Lipinski definition) is 1. The van der Waals surface area contributed by atoms with E-state index in [-0.39, 0.29) is 17.4 Å². The number of hydrogen-bond acceptors (Lipinski definition) is 3. The molecule has 3 nitrogen and oxygen atoms in total. The standard InChI is InChI=1S/C17H24N2OS/c1-10-7-8-13-12(9-10)14(18)15(21-13)16(20)19(6)11(2)17(3,4)5/h7-9,11H,18H2,1-6H3.